The van der Waals surface area contributed by atoms with E-state index < -0.39 is 0 Å². The lowest BCUT2D eigenvalue weighted by atomic mass is 9.47. The zero-order chi connectivity index (χ0) is 15.6. The zero-order valence-electron chi connectivity index (χ0n) is 14.8. The summed E-state index contributed by atoms with van der Waals surface area (Å²) in [4.78, 5) is 0. The predicted molar refractivity (Wildman–Crippen MR) is 93.5 cm³/mol. The lowest BCUT2D eigenvalue weighted by Crippen LogP contribution is -2.61. The Labute approximate surface area is 136 Å². The van der Waals surface area contributed by atoms with Gasteiger partial charge in [0.15, 0.2) is 0 Å². The molecule has 0 saturated heterocycles. The van der Waals surface area contributed by atoms with E-state index in [0.717, 1.165) is 11.8 Å². The quantitative estimate of drug-likeness (QED) is 0.598. The summed E-state index contributed by atoms with van der Waals surface area (Å²) in [6, 6.07) is 0. The fourth-order valence-corrected chi connectivity index (χ4v) is 6.93. The van der Waals surface area contributed by atoms with Crippen molar-refractivity contribution in [2.75, 3.05) is 0 Å². The molecule has 0 aromatic rings. The van der Waals surface area contributed by atoms with Crippen LogP contribution in [0.4, 0.5) is 0 Å². The third-order valence-corrected chi connectivity index (χ3v) is 8.44. The smallest absolute Gasteiger partial charge is 0.0246 e. The van der Waals surface area contributed by atoms with Crippen LogP contribution in [-0.2, 0) is 0 Å². The van der Waals surface area contributed by atoms with E-state index in [1.165, 1.54) is 57.8 Å². The van der Waals surface area contributed by atoms with Crippen molar-refractivity contribution in [2.45, 2.75) is 84.1 Å². The number of hydrogen-bond donors (Lipinski definition) is 1. The van der Waals surface area contributed by atoms with Crippen LogP contribution in [0.5, 0.6) is 0 Å². The summed E-state index contributed by atoms with van der Waals surface area (Å²) >= 11 is 0. The summed E-state index contributed by atoms with van der Waals surface area (Å²) in [6.45, 7) is 7.30. The minimum atomic E-state index is 0.0867. The van der Waals surface area contributed by atoms with E-state index in [9.17, 15) is 0 Å². The Bertz CT molecular complexity index is 544. The molecule has 3 saturated carbocycles. The van der Waals surface area contributed by atoms with Gasteiger partial charge in [-0.25, -0.2) is 0 Å². The Morgan fingerprint density at radius 1 is 1.14 bits per heavy atom. The molecule has 122 valence electrons. The SMILES string of the molecule is CC=C1CCC2C3CCC4(N)CCCCC4(C)C3=CCC12C. The molecule has 0 heterocycles. The minimum absolute atomic E-state index is 0.0867. The standard InChI is InChI=1S/C21H33N/c1-4-15-7-8-17-16-9-14-21(22)12-6-5-11-20(21,3)18(16)10-13-19(15,17)2/h4,10,16-17H,5-9,11-14,22H2,1-3H3. The molecule has 0 aliphatic heterocycles. The van der Waals surface area contributed by atoms with E-state index in [4.69, 9.17) is 5.73 Å². The van der Waals surface area contributed by atoms with E-state index >= 15 is 0 Å². The Hall–Kier alpha value is -0.560. The van der Waals surface area contributed by atoms with E-state index in [2.05, 4.69) is 32.9 Å². The zero-order valence-corrected chi connectivity index (χ0v) is 14.8. The molecule has 22 heavy (non-hydrogen) atoms. The Kier molecular flexibility index (Phi) is 3.22. The van der Waals surface area contributed by atoms with Crippen LogP contribution in [-0.4, -0.2) is 5.54 Å². The first kappa shape index (κ1) is 15.0. The molecule has 4 aliphatic rings. The van der Waals surface area contributed by atoms with Gasteiger partial charge in [-0.3, -0.25) is 0 Å². The Morgan fingerprint density at radius 3 is 2.68 bits per heavy atom. The lowest BCUT2D eigenvalue weighted by Gasteiger charge is -2.60. The summed E-state index contributed by atoms with van der Waals surface area (Å²) in [5, 5.41) is 0. The molecule has 1 nitrogen and oxygen atoms in total. The van der Waals surface area contributed by atoms with Crippen molar-refractivity contribution in [1.29, 1.82) is 0 Å². The molecule has 0 bridgehead atoms. The van der Waals surface area contributed by atoms with Gasteiger partial charge in [0.25, 0.3) is 0 Å². The molecule has 0 aromatic heterocycles. The summed E-state index contributed by atoms with van der Waals surface area (Å²) in [7, 11) is 0. The largest absolute Gasteiger partial charge is 0.324 e. The monoisotopic (exact) mass is 299 g/mol. The van der Waals surface area contributed by atoms with Crippen LogP contribution in [0, 0.1) is 22.7 Å². The molecule has 4 rings (SSSR count). The van der Waals surface area contributed by atoms with Crippen molar-refractivity contribution in [1.82, 2.24) is 0 Å². The first-order chi connectivity index (χ1) is 10.4. The third-order valence-electron chi connectivity index (χ3n) is 8.44. The van der Waals surface area contributed by atoms with Crippen LogP contribution in [0.1, 0.15) is 78.6 Å². The average molecular weight is 300 g/mol. The fourth-order valence-electron chi connectivity index (χ4n) is 6.93. The molecule has 3 fully saturated rings. The first-order valence-electron chi connectivity index (χ1n) is 9.60. The average Bonchev–Trinajstić information content (AvgIpc) is 2.84. The molecule has 5 atom stereocenters. The second kappa shape index (κ2) is 4.72. The second-order valence-electron chi connectivity index (χ2n) is 9.08. The number of rotatable bonds is 0. The van der Waals surface area contributed by atoms with Crippen LogP contribution < -0.4 is 5.73 Å². The van der Waals surface area contributed by atoms with E-state index in [0.29, 0.717) is 5.41 Å². The highest BCUT2D eigenvalue weighted by atomic mass is 14.8. The molecular weight excluding hydrogens is 266 g/mol. The van der Waals surface area contributed by atoms with E-state index in [1.807, 2.05) is 0 Å². The predicted octanol–water partition coefficient (Wildman–Crippen LogP) is 5.37. The topological polar surface area (TPSA) is 26.0 Å². The van der Waals surface area contributed by atoms with Gasteiger partial charge in [0.2, 0.25) is 0 Å². The molecule has 2 N–H and O–H groups in total. The van der Waals surface area contributed by atoms with Crippen LogP contribution in [0.3, 0.4) is 0 Å². The van der Waals surface area contributed by atoms with Gasteiger partial charge in [0.1, 0.15) is 0 Å². The van der Waals surface area contributed by atoms with Gasteiger partial charge >= 0.3 is 0 Å². The highest BCUT2D eigenvalue weighted by Crippen LogP contribution is 2.65. The van der Waals surface area contributed by atoms with Gasteiger partial charge in [0, 0.05) is 11.0 Å². The maximum Gasteiger partial charge on any atom is 0.0246 e. The summed E-state index contributed by atoms with van der Waals surface area (Å²) in [5.74, 6) is 1.69. The van der Waals surface area contributed by atoms with Crippen molar-refractivity contribution in [3.63, 3.8) is 0 Å². The molecule has 4 aliphatic carbocycles. The number of nitrogens with two attached hydrogens (primary N) is 1. The van der Waals surface area contributed by atoms with Crippen molar-refractivity contribution in [3.05, 3.63) is 23.3 Å². The minimum Gasteiger partial charge on any atom is -0.324 e. The van der Waals surface area contributed by atoms with Crippen molar-refractivity contribution >= 4 is 0 Å². The third kappa shape index (κ3) is 1.70. The second-order valence-corrected chi connectivity index (χ2v) is 9.08. The van der Waals surface area contributed by atoms with Gasteiger partial charge in [-0.1, -0.05) is 50.0 Å². The lowest BCUT2D eigenvalue weighted by molar-refractivity contribution is 0.0280. The fraction of sp³-hybridized carbons (Fsp3) is 0.810. The van der Waals surface area contributed by atoms with Crippen molar-refractivity contribution in [2.24, 2.45) is 28.4 Å². The number of allylic oxidation sites excluding steroid dienone is 3. The summed E-state index contributed by atoms with van der Waals surface area (Å²) in [5.41, 5.74) is 11.3. The Morgan fingerprint density at radius 2 is 1.91 bits per heavy atom. The molecule has 0 radical (unpaired) electrons. The van der Waals surface area contributed by atoms with Gasteiger partial charge in [-0.05, 0) is 69.1 Å². The number of fused-ring (bicyclic) bond motifs is 5. The molecular formula is C21H33N. The molecule has 5 unspecified atom stereocenters. The Balaban J connectivity index is 1.76. The molecule has 0 amide bonds. The maximum absolute atomic E-state index is 6.98. The van der Waals surface area contributed by atoms with Crippen LogP contribution in [0.15, 0.2) is 23.3 Å². The molecule has 0 aromatic carbocycles. The summed E-state index contributed by atoms with van der Waals surface area (Å²) in [6.07, 6.45) is 17.0. The van der Waals surface area contributed by atoms with Gasteiger partial charge in [-0.15, -0.1) is 0 Å². The highest BCUT2D eigenvalue weighted by molar-refractivity contribution is 5.36. The van der Waals surface area contributed by atoms with Crippen molar-refractivity contribution < 1.29 is 0 Å². The van der Waals surface area contributed by atoms with E-state index in [1.54, 1.807) is 11.1 Å². The summed E-state index contributed by atoms with van der Waals surface area (Å²) < 4.78 is 0. The van der Waals surface area contributed by atoms with Crippen molar-refractivity contribution in [3.8, 4) is 0 Å². The molecule has 1 heteroatoms. The first-order valence-corrected chi connectivity index (χ1v) is 9.60. The van der Waals surface area contributed by atoms with Gasteiger partial charge < -0.3 is 5.73 Å². The van der Waals surface area contributed by atoms with Crippen LogP contribution in [0.2, 0.25) is 0 Å². The molecule has 0 spiro atoms. The van der Waals surface area contributed by atoms with Gasteiger partial charge in [0.05, 0.1) is 0 Å². The normalized spacial score (nSPS) is 52.7. The number of hydrogen-bond acceptors (Lipinski definition) is 1. The maximum atomic E-state index is 6.98. The highest BCUT2D eigenvalue weighted by Gasteiger charge is 2.58. The van der Waals surface area contributed by atoms with Crippen LogP contribution >= 0.6 is 0 Å². The van der Waals surface area contributed by atoms with E-state index in [-0.39, 0.29) is 11.0 Å². The van der Waals surface area contributed by atoms with Crippen LogP contribution in [0.25, 0.3) is 0 Å². The van der Waals surface area contributed by atoms with Gasteiger partial charge in [-0.2, -0.15) is 0 Å².